The molecule has 2 atom stereocenters. The molecular weight excluding hydrogens is 436 g/mol. The van der Waals surface area contributed by atoms with Gasteiger partial charge in [-0.3, -0.25) is 9.80 Å². The topological polar surface area (TPSA) is 34.2 Å². The molecule has 0 spiro atoms. The van der Waals surface area contributed by atoms with E-state index in [4.69, 9.17) is 14.2 Å². The van der Waals surface area contributed by atoms with E-state index < -0.39 is 0 Å². The van der Waals surface area contributed by atoms with Gasteiger partial charge in [-0.2, -0.15) is 0 Å². The lowest BCUT2D eigenvalue weighted by atomic mass is 9.82. The summed E-state index contributed by atoms with van der Waals surface area (Å²) >= 11 is 0. The third-order valence-electron chi connectivity index (χ3n) is 7.31. The fourth-order valence-corrected chi connectivity index (χ4v) is 5.79. The van der Waals surface area contributed by atoms with Gasteiger partial charge >= 0.3 is 0 Å². The summed E-state index contributed by atoms with van der Waals surface area (Å²) < 4.78 is 17.7. The van der Waals surface area contributed by atoms with Crippen LogP contribution in [0.2, 0.25) is 0 Å². The molecule has 0 amide bonds. The zero-order valence-corrected chi connectivity index (χ0v) is 20.8. The monoisotopic (exact) mass is 472 g/mol. The number of morpholine rings is 1. The van der Waals surface area contributed by atoms with Crippen LogP contribution in [0.5, 0.6) is 11.5 Å². The molecule has 3 aromatic rings. The van der Waals surface area contributed by atoms with Crippen LogP contribution in [0.15, 0.2) is 78.9 Å². The number of hydrogen-bond donors (Lipinski definition) is 0. The molecule has 2 heterocycles. The highest BCUT2D eigenvalue weighted by Gasteiger charge is 2.41. The molecule has 184 valence electrons. The third-order valence-corrected chi connectivity index (χ3v) is 7.31. The maximum atomic E-state index is 6.00. The smallest absolute Gasteiger partial charge is 0.127 e. The molecule has 5 nitrogen and oxygen atoms in total. The fraction of sp³-hybridized carbons (Fsp3) is 0.400. The van der Waals surface area contributed by atoms with Crippen molar-refractivity contribution in [1.82, 2.24) is 9.80 Å². The molecule has 2 fully saturated rings. The Labute approximate surface area is 209 Å². The maximum absolute atomic E-state index is 6.00. The Hall–Kier alpha value is -2.86. The van der Waals surface area contributed by atoms with E-state index >= 15 is 0 Å². The second-order valence-electron chi connectivity index (χ2n) is 9.40. The molecule has 0 bridgehead atoms. The summed E-state index contributed by atoms with van der Waals surface area (Å²) in [7, 11) is 1.74. The molecule has 5 heteroatoms. The Morgan fingerprint density at radius 3 is 2.23 bits per heavy atom. The van der Waals surface area contributed by atoms with Crippen molar-refractivity contribution in [3.8, 4) is 11.5 Å². The molecule has 3 aromatic carbocycles. The van der Waals surface area contributed by atoms with Gasteiger partial charge in [-0.05, 0) is 30.2 Å². The van der Waals surface area contributed by atoms with Gasteiger partial charge in [-0.25, -0.2) is 0 Å². The molecule has 2 saturated heterocycles. The van der Waals surface area contributed by atoms with Crippen LogP contribution in [-0.2, 0) is 11.3 Å². The summed E-state index contributed by atoms with van der Waals surface area (Å²) in [6, 6.07) is 28.7. The number of piperazine rings is 1. The standard InChI is InChI=1S/C30H36N2O3/c1-3-35-29-16-10-15-28(33-2)26(29)20-31-19-25-22-34-18-17-32(25)27(21-31)30(23-11-6-4-7-12-23)24-13-8-5-9-14-24/h4-16,25,27,30H,3,17-22H2,1-2H3/t25-,27+/m1/s1. The Kier molecular flexibility index (Phi) is 7.67. The van der Waals surface area contributed by atoms with Crippen LogP contribution in [0.25, 0.3) is 0 Å². The summed E-state index contributed by atoms with van der Waals surface area (Å²) in [5, 5.41) is 0. The quantitative estimate of drug-likeness (QED) is 0.470. The van der Waals surface area contributed by atoms with E-state index in [2.05, 4.69) is 76.5 Å². The highest BCUT2D eigenvalue weighted by atomic mass is 16.5. The number of methoxy groups -OCH3 is 1. The predicted octanol–water partition coefficient (Wildman–Crippen LogP) is 4.81. The largest absolute Gasteiger partial charge is 0.496 e. The van der Waals surface area contributed by atoms with Crippen LogP contribution in [-0.4, -0.2) is 68.4 Å². The summed E-state index contributed by atoms with van der Waals surface area (Å²) in [5.74, 6) is 2.08. The molecular formula is C30H36N2O3. The van der Waals surface area contributed by atoms with Crippen LogP contribution in [0.4, 0.5) is 0 Å². The van der Waals surface area contributed by atoms with E-state index in [0.717, 1.165) is 56.5 Å². The van der Waals surface area contributed by atoms with Crippen LogP contribution in [0.3, 0.4) is 0 Å². The highest BCUT2D eigenvalue weighted by molar-refractivity contribution is 5.45. The van der Waals surface area contributed by atoms with Crippen LogP contribution in [0, 0.1) is 0 Å². The van der Waals surface area contributed by atoms with Gasteiger partial charge in [-0.15, -0.1) is 0 Å². The fourth-order valence-electron chi connectivity index (χ4n) is 5.79. The van der Waals surface area contributed by atoms with Crippen molar-refractivity contribution < 1.29 is 14.2 Å². The molecule has 0 aliphatic carbocycles. The third kappa shape index (κ3) is 5.22. The zero-order valence-electron chi connectivity index (χ0n) is 20.8. The van der Waals surface area contributed by atoms with E-state index in [1.807, 2.05) is 19.1 Å². The molecule has 0 radical (unpaired) electrons. The van der Waals surface area contributed by atoms with Gasteiger partial charge in [0.1, 0.15) is 11.5 Å². The Balaban J connectivity index is 1.51. The lowest BCUT2D eigenvalue weighted by Gasteiger charge is -2.51. The molecule has 5 rings (SSSR count). The number of hydrogen-bond acceptors (Lipinski definition) is 5. The van der Waals surface area contributed by atoms with E-state index in [9.17, 15) is 0 Å². The number of ether oxygens (including phenoxy) is 3. The Morgan fingerprint density at radius 2 is 1.57 bits per heavy atom. The molecule has 0 aromatic heterocycles. The van der Waals surface area contributed by atoms with Gasteiger partial charge in [0, 0.05) is 44.2 Å². The zero-order chi connectivity index (χ0) is 24.0. The Bertz CT molecular complexity index is 1040. The molecule has 2 aliphatic heterocycles. The Morgan fingerprint density at radius 1 is 0.886 bits per heavy atom. The summed E-state index contributed by atoms with van der Waals surface area (Å²) in [6.45, 7) is 7.93. The van der Waals surface area contributed by atoms with E-state index in [0.29, 0.717) is 18.7 Å². The van der Waals surface area contributed by atoms with Crippen LogP contribution >= 0.6 is 0 Å². The summed E-state index contributed by atoms with van der Waals surface area (Å²) in [6.07, 6.45) is 0. The van der Waals surface area contributed by atoms with Crippen LogP contribution < -0.4 is 9.47 Å². The molecule has 0 N–H and O–H groups in total. The van der Waals surface area contributed by atoms with Gasteiger partial charge in [0.2, 0.25) is 0 Å². The average Bonchev–Trinajstić information content (AvgIpc) is 2.91. The normalized spacial score (nSPS) is 21.0. The lowest BCUT2D eigenvalue weighted by Crippen LogP contribution is -2.64. The van der Waals surface area contributed by atoms with E-state index in [1.54, 1.807) is 7.11 Å². The van der Waals surface area contributed by atoms with Gasteiger partial charge in [0.05, 0.1) is 32.5 Å². The predicted molar refractivity (Wildman–Crippen MR) is 139 cm³/mol. The molecule has 0 saturated carbocycles. The first kappa shape index (κ1) is 23.9. The minimum absolute atomic E-state index is 0.282. The van der Waals surface area contributed by atoms with Crippen molar-refractivity contribution in [2.24, 2.45) is 0 Å². The van der Waals surface area contributed by atoms with Crippen molar-refractivity contribution in [2.75, 3.05) is 46.6 Å². The average molecular weight is 473 g/mol. The summed E-state index contributed by atoms with van der Waals surface area (Å²) in [4.78, 5) is 5.27. The van der Waals surface area contributed by atoms with Crippen molar-refractivity contribution in [1.29, 1.82) is 0 Å². The molecule has 35 heavy (non-hydrogen) atoms. The minimum Gasteiger partial charge on any atom is -0.496 e. The SMILES string of the molecule is CCOc1cccc(OC)c1CN1C[C@@H]2COCCN2[C@H](C(c2ccccc2)c2ccccc2)C1. The van der Waals surface area contributed by atoms with Gasteiger partial charge in [0.15, 0.2) is 0 Å². The van der Waals surface area contributed by atoms with E-state index in [1.165, 1.54) is 11.1 Å². The number of rotatable bonds is 8. The second kappa shape index (κ2) is 11.3. The highest BCUT2D eigenvalue weighted by Crippen LogP contribution is 2.37. The molecule has 2 aliphatic rings. The second-order valence-corrected chi connectivity index (χ2v) is 9.40. The van der Waals surface area contributed by atoms with Gasteiger partial charge in [0.25, 0.3) is 0 Å². The van der Waals surface area contributed by atoms with Crippen molar-refractivity contribution in [2.45, 2.75) is 31.5 Å². The maximum Gasteiger partial charge on any atom is 0.127 e. The molecule has 0 unspecified atom stereocenters. The number of nitrogens with zero attached hydrogens (tertiary/aromatic N) is 2. The van der Waals surface area contributed by atoms with Gasteiger partial charge < -0.3 is 14.2 Å². The number of benzene rings is 3. The van der Waals surface area contributed by atoms with Gasteiger partial charge in [-0.1, -0.05) is 66.7 Å². The summed E-state index contributed by atoms with van der Waals surface area (Å²) in [5.41, 5.74) is 3.85. The lowest BCUT2D eigenvalue weighted by molar-refractivity contribution is -0.0777. The first-order valence-corrected chi connectivity index (χ1v) is 12.7. The van der Waals surface area contributed by atoms with Crippen molar-refractivity contribution in [3.63, 3.8) is 0 Å². The van der Waals surface area contributed by atoms with Crippen molar-refractivity contribution >= 4 is 0 Å². The minimum atomic E-state index is 0.282. The van der Waals surface area contributed by atoms with Crippen molar-refractivity contribution in [3.05, 3.63) is 95.6 Å². The number of fused-ring (bicyclic) bond motifs is 1. The first-order chi connectivity index (χ1) is 17.3. The first-order valence-electron chi connectivity index (χ1n) is 12.7. The van der Waals surface area contributed by atoms with E-state index in [-0.39, 0.29) is 5.92 Å². The van der Waals surface area contributed by atoms with Crippen LogP contribution in [0.1, 0.15) is 29.5 Å².